The van der Waals surface area contributed by atoms with E-state index in [9.17, 15) is 23.2 Å². The highest BCUT2D eigenvalue weighted by Gasteiger charge is 2.45. The number of nitrogens with one attached hydrogen (secondary N) is 2. The second-order valence-corrected chi connectivity index (χ2v) is 14.6. The van der Waals surface area contributed by atoms with Crippen LogP contribution >= 0.6 is 11.3 Å². The quantitative estimate of drug-likeness (QED) is 0.214. The van der Waals surface area contributed by atoms with Crippen molar-refractivity contribution >= 4 is 51.8 Å². The summed E-state index contributed by atoms with van der Waals surface area (Å²) in [5, 5.41) is 5.12. The molecule has 0 saturated carbocycles. The molecule has 0 atom stereocenters. The maximum Gasteiger partial charge on any atom is 0.265 e. The summed E-state index contributed by atoms with van der Waals surface area (Å²) in [6, 6.07) is 12.5. The van der Waals surface area contributed by atoms with Crippen LogP contribution in [-0.4, -0.2) is 60.5 Å². The topological polar surface area (TPSA) is 104 Å². The van der Waals surface area contributed by atoms with E-state index in [1.807, 2.05) is 12.2 Å². The van der Waals surface area contributed by atoms with Gasteiger partial charge in [-0.3, -0.25) is 14.4 Å². The van der Waals surface area contributed by atoms with Crippen LogP contribution in [0.4, 0.5) is 30.4 Å². The van der Waals surface area contributed by atoms with E-state index >= 15 is 4.39 Å². The molecule has 0 unspecified atom stereocenters. The summed E-state index contributed by atoms with van der Waals surface area (Å²) in [7, 11) is 0. The molecule has 3 amide bonds. The van der Waals surface area contributed by atoms with Gasteiger partial charge in [-0.25, -0.2) is 18.2 Å². The monoisotopic (exact) mass is 725 g/mol. The van der Waals surface area contributed by atoms with Gasteiger partial charge in [-0.05, 0) is 97.8 Å². The Labute approximate surface area is 301 Å². The minimum Gasteiger partial charge on any atom is -0.381 e. The lowest BCUT2D eigenvalue weighted by molar-refractivity contribution is -0.000511. The number of carbonyl (C=O) groups excluding carboxylic acids is 3. The Balaban J connectivity index is 0.991. The van der Waals surface area contributed by atoms with E-state index in [1.54, 1.807) is 29.3 Å². The van der Waals surface area contributed by atoms with E-state index in [0.717, 1.165) is 73.4 Å². The molecule has 1 aliphatic carbocycles. The zero-order valence-electron chi connectivity index (χ0n) is 28.0. The maximum atomic E-state index is 15.7. The molecule has 9 nitrogen and oxygen atoms in total. The standard InChI is InChI=1S/C39H34F3N5O4S/c40-28-7-3-8-29(41)33(28)45-37(49)32-19-23-12-16-47(31-9-2-1-5-26(31)34(23)52-32)38(50)25-11-10-24(20-30(25)42)44-36(48)27-6-4-15-43-35(27)46-21-39(22-46)13-17-51-18-14-39/h2-4,6-11,15,19-20H,1,5,12-14,16-18,21-22H2,(H,44,48)(H,45,49). The van der Waals surface area contributed by atoms with Gasteiger partial charge in [0, 0.05) is 60.7 Å². The molecule has 1 spiro atoms. The summed E-state index contributed by atoms with van der Waals surface area (Å²) in [5.41, 5.74) is 2.37. The largest absolute Gasteiger partial charge is 0.381 e. The van der Waals surface area contributed by atoms with Gasteiger partial charge in [0.1, 0.15) is 29.0 Å². The summed E-state index contributed by atoms with van der Waals surface area (Å²) >= 11 is 1.19. The van der Waals surface area contributed by atoms with Crippen molar-refractivity contribution in [3.63, 3.8) is 0 Å². The summed E-state index contributed by atoms with van der Waals surface area (Å²) in [6.45, 7) is 3.27. The second kappa shape index (κ2) is 13.7. The highest BCUT2D eigenvalue weighted by molar-refractivity contribution is 7.15. The molecule has 2 N–H and O–H groups in total. The molecule has 5 heterocycles. The van der Waals surface area contributed by atoms with Crippen LogP contribution in [-0.2, 0) is 11.2 Å². The minimum atomic E-state index is -0.876. The first-order valence-electron chi connectivity index (χ1n) is 17.2. The van der Waals surface area contributed by atoms with Gasteiger partial charge in [-0.2, -0.15) is 0 Å². The fourth-order valence-corrected chi connectivity index (χ4v) is 8.63. The molecular weight excluding hydrogens is 692 g/mol. The van der Waals surface area contributed by atoms with E-state index < -0.39 is 40.9 Å². The number of hydrogen-bond donors (Lipinski definition) is 2. The van der Waals surface area contributed by atoms with Gasteiger partial charge < -0.3 is 25.2 Å². The van der Waals surface area contributed by atoms with Crippen LogP contribution in [0.2, 0.25) is 0 Å². The molecule has 8 rings (SSSR count). The van der Waals surface area contributed by atoms with Crippen molar-refractivity contribution in [2.75, 3.05) is 48.4 Å². The summed E-state index contributed by atoms with van der Waals surface area (Å²) in [6.07, 6.45) is 9.04. The molecule has 2 aromatic carbocycles. The Morgan fingerprint density at radius 3 is 2.42 bits per heavy atom. The smallest absolute Gasteiger partial charge is 0.265 e. The first kappa shape index (κ1) is 33.9. The Morgan fingerprint density at radius 2 is 1.65 bits per heavy atom. The zero-order valence-corrected chi connectivity index (χ0v) is 28.8. The van der Waals surface area contributed by atoms with E-state index in [1.165, 1.54) is 29.5 Å². The van der Waals surface area contributed by atoms with Crippen molar-refractivity contribution in [1.82, 2.24) is 9.88 Å². The average Bonchev–Trinajstić information content (AvgIpc) is 3.50. The SMILES string of the molecule is O=C(Nc1c(F)cccc1F)c1cc2c(s1)C1=C(C=CCC1)N(C(=O)c1ccc(NC(=O)c3cccnc3N3CC4(CCOCC4)C3)cc1F)CC2. The third-order valence-electron chi connectivity index (χ3n) is 10.2. The highest BCUT2D eigenvalue weighted by Crippen LogP contribution is 2.43. The first-order valence-corrected chi connectivity index (χ1v) is 18.0. The fourth-order valence-electron chi connectivity index (χ4n) is 7.44. The number of thiophene rings is 1. The molecule has 4 aromatic rings. The molecule has 4 aliphatic rings. The van der Waals surface area contributed by atoms with Crippen LogP contribution in [0.5, 0.6) is 0 Å². The normalized spacial score (nSPS) is 17.6. The van der Waals surface area contributed by atoms with Crippen molar-refractivity contribution in [2.45, 2.75) is 32.1 Å². The molecule has 52 heavy (non-hydrogen) atoms. The van der Waals surface area contributed by atoms with Crippen LogP contribution in [0.3, 0.4) is 0 Å². The number of carbonyl (C=O) groups is 3. The number of aromatic nitrogens is 1. The third kappa shape index (κ3) is 6.28. The van der Waals surface area contributed by atoms with Gasteiger partial charge >= 0.3 is 0 Å². The van der Waals surface area contributed by atoms with Crippen LogP contribution < -0.4 is 15.5 Å². The number of amides is 3. The minimum absolute atomic E-state index is 0.148. The van der Waals surface area contributed by atoms with Gasteiger partial charge in [0.2, 0.25) is 0 Å². The molecule has 2 saturated heterocycles. The van der Waals surface area contributed by atoms with Crippen LogP contribution in [0.25, 0.3) is 5.57 Å². The summed E-state index contributed by atoms with van der Waals surface area (Å²) in [5.74, 6) is -3.55. The van der Waals surface area contributed by atoms with Crippen molar-refractivity contribution in [1.29, 1.82) is 0 Å². The predicted molar refractivity (Wildman–Crippen MR) is 192 cm³/mol. The van der Waals surface area contributed by atoms with E-state index in [4.69, 9.17) is 4.74 Å². The molecular formula is C39H34F3N5O4S. The summed E-state index contributed by atoms with van der Waals surface area (Å²) < 4.78 is 49.7. The van der Waals surface area contributed by atoms with Crippen molar-refractivity contribution in [2.24, 2.45) is 5.41 Å². The van der Waals surface area contributed by atoms with Crippen molar-refractivity contribution in [3.05, 3.63) is 123 Å². The number of para-hydroxylation sites is 1. The number of allylic oxidation sites excluding steroid dienone is 3. The molecule has 266 valence electrons. The van der Waals surface area contributed by atoms with Crippen molar-refractivity contribution < 1.29 is 32.3 Å². The first-order chi connectivity index (χ1) is 25.2. The van der Waals surface area contributed by atoms with Gasteiger partial charge in [0.05, 0.1) is 16.0 Å². The Morgan fingerprint density at radius 1 is 0.865 bits per heavy atom. The Bertz CT molecular complexity index is 2150. The number of pyridine rings is 1. The van der Waals surface area contributed by atoms with Gasteiger partial charge in [-0.15, -0.1) is 11.3 Å². The number of fused-ring (bicyclic) bond motifs is 2. The number of hydrogen-bond acceptors (Lipinski definition) is 7. The number of halogens is 3. The van der Waals surface area contributed by atoms with Gasteiger partial charge in [0.25, 0.3) is 17.7 Å². The Kier molecular flexibility index (Phi) is 8.92. The molecule has 3 aliphatic heterocycles. The highest BCUT2D eigenvalue weighted by atomic mass is 32.1. The van der Waals surface area contributed by atoms with E-state index in [2.05, 4.69) is 20.5 Å². The van der Waals surface area contributed by atoms with Crippen LogP contribution in [0, 0.1) is 22.9 Å². The molecule has 2 fully saturated rings. The molecule has 0 radical (unpaired) electrons. The van der Waals surface area contributed by atoms with Crippen LogP contribution in [0.15, 0.2) is 78.6 Å². The van der Waals surface area contributed by atoms with E-state index in [-0.39, 0.29) is 28.1 Å². The van der Waals surface area contributed by atoms with Gasteiger partial charge in [-0.1, -0.05) is 12.1 Å². The lowest BCUT2D eigenvalue weighted by Gasteiger charge is -2.53. The van der Waals surface area contributed by atoms with Gasteiger partial charge in [0.15, 0.2) is 0 Å². The number of nitrogens with zero attached hydrogens (tertiary/aromatic N) is 3. The molecule has 13 heteroatoms. The summed E-state index contributed by atoms with van der Waals surface area (Å²) in [4.78, 5) is 49.7. The molecule has 2 aromatic heterocycles. The predicted octanol–water partition coefficient (Wildman–Crippen LogP) is 7.44. The zero-order chi connectivity index (χ0) is 36.0. The average molecular weight is 726 g/mol. The number of ether oxygens (including phenoxy) is 1. The molecule has 0 bridgehead atoms. The number of anilines is 3. The third-order valence-corrected chi connectivity index (χ3v) is 11.4. The number of benzene rings is 2. The number of rotatable bonds is 6. The second-order valence-electron chi connectivity index (χ2n) is 13.5. The maximum absolute atomic E-state index is 15.7. The Hall–Kier alpha value is -5.27. The van der Waals surface area contributed by atoms with Crippen LogP contribution in [0.1, 0.15) is 66.5 Å². The fraction of sp³-hybridized carbons (Fsp3) is 0.282. The van der Waals surface area contributed by atoms with Crippen molar-refractivity contribution in [3.8, 4) is 0 Å². The van der Waals surface area contributed by atoms with E-state index in [0.29, 0.717) is 36.3 Å². The lowest BCUT2D eigenvalue weighted by Crippen LogP contribution is -2.59. The lowest BCUT2D eigenvalue weighted by atomic mass is 9.73.